The lowest BCUT2D eigenvalue weighted by Crippen LogP contribution is -2.48. The number of carbonyl (C=O) groups is 1. The van der Waals surface area contributed by atoms with Crippen molar-refractivity contribution in [1.82, 2.24) is 9.88 Å². The first kappa shape index (κ1) is 14.6. The van der Waals surface area contributed by atoms with Crippen LogP contribution in [-0.4, -0.2) is 42.0 Å². The number of piperazine rings is 1. The Kier molecular flexibility index (Phi) is 3.74. The number of fused-ring (bicyclic) bond motifs is 1. The molecule has 0 aliphatic carbocycles. The molecule has 1 aliphatic rings. The standard InChI is InChI=1S/C16H14FN3OS2/c17-11-3-4-12-14(10-11)23-16(18-12)20-7-5-19(6-8-20)15(21)13-2-1-9-22-13/h1-4,9-10H,5-8H2. The van der Waals surface area contributed by atoms with Gasteiger partial charge in [-0.15, -0.1) is 11.3 Å². The van der Waals surface area contributed by atoms with Crippen LogP contribution in [0.4, 0.5) is 9.52 Å². The maximum Gasteiger partial charge on any atom is 0.264 e. The summed E-state index contributed by atoms with van der Waals surface area (Å²) in [6.07, 6.45) is 0. The van der Waals surface area contributed by atoms with E-state index in [1.165, 1.54) is 34.8 Å². The number of carbonyl (C=O) groups excluding carboxylic acids is 1. The van der Waals surface area contributed by atoms with Gasteiger partial charge in [-0.1, -0.05) is 17.4 Å². The fourth-order valence-electron chi connectivity index (χ4n) is 2.68. The number of aromatic nitrogens is 1. The van der Waals surface area contributed by atoms with Gasteiger partial charge in [0.25, 0.3) is 5.91 Å². The first-order chi connectivity index (χ1) is 11.2. The summed E-state index contributed by atoms with van der Waals surface area (Å²) >= 11 is 2.97. The van der Waals surface area contributed by atoms with Crippen LogP contribution >= 0.6 is 22.7 Å². The van der Waals surface area contributed by atoms with Crippen molar-refractivity contribution in [3.8, 4) is 0 Å². The molecule has 7 heteroatoms. The van der Waals surface area contributed by atoms with E-state index in [2.05, 4.69) is 9.88 Å². The molecule has 1 fully saturated rings. The molecule has 0 saturated carbocycles. The third-order valence-electron chi connectivity index (χ3n) is 3.91. The van der Waals surface area contributed by atoms with Crippen LogP contribution in [-0.2, 0) is 0 Å². The Morgan fingerprint density at radius 1 is 1.17 bits per heavy atom. The van der Waals surface area contributed by atoms with Crippen molar-refractivity contribution >= 4 is 43.9 Å². The van der Waals surface area contributed by atoms with Crippen molar-refractivity contribution in [2.24, 2.45) is 0 Å². The van der Waals surface area contributed by atoms with Crippen molar-refractivity contribution in [3.63, 3.8) is 0 Å². The summed E-state index contributed by atoms with van der Waals surface area (Å²) in [6.45, 7) is 2.86. The van der Waals surface area contributed by atoms with E-state index in [0.717, 1.165) is 33.3 Å². The zero-order valence-electron chi connectivity index (χ0n) is 12.2. The van der Waals surface area contributed by atoms with E-state index in [1.54, 1.807) is 6.07 Å². The van der Waals surface area contributed by atoms with Gasteiger partial charge >= 0.3 is 0 Å². The number of rotatable bonds is 2. The Hall–Kier alpha value is -1.99. The van der Waals surface area contributed by atoms with Gasteiger partial charge in [-0.2, -0.15) is 0 Å². The highest BCUT2D eigenvalue weighted by atomic mass is 32.1. The first-order valence-electron chi connectivity index (χ1n) is 7.34. The number of thiazole rings is 1. The second kappa shape index (κ2) is 5.90. The van der Waals surface area contributed by atoms with Crippen molar-refractivity contribution in [2.45, 2.75) is 0 Å². The van der Waals surface area contributed by atoms with Crippen LogP contribution in [0.15, 0.2) is 35.7 Å². The number of thiophene rings is 1. The minimum atomic E-state index is -0.237. The summed E-state index contributed by atoms with van der Waals surface area (Å²) < 4.78 is 14.1. The normalized spacial score (nSPS) is 15.3. The summed E-state index contributed by atoms with van der Waals surface area (Å²) in [5, 5.41) is 2.82. The van der Waals surface area contributed by atoms with E-state index in [0.29, 0.717) is 13.1 Å². The molecule has 0 bridgehead atoms. The Balaban J connectivity index is 1.47. The number of hydrogen-bond acceptors (Lipinski definition) is 5. The van der Waals surface area contributed by atoms with Crippen molar-refractivity contribution in [3.05, 3.63) is 46.4 Å². The van der Waals surface area contributed by atoms with Gasteiger partial charge in [0.15, 0.2) is 5.13 Å². The van der Waals surface area contributed by atoms with Gasteiger partial charge in [-0.05, 0) is 29.6 Å². The highest BCUT2D eigenvalue weighted by Gasteiger charge is 2.24. The second-order valence-corrected chi connectivity index (χ2v) is 7.32. The third-order valence-corrected chi connectivity index (χ3v) is 5.85. The molecule has 118 valence electrons. The molecular formula is C16H14FN3OS2. The highest BCUT2D eigenvalue weighted by molar-refractivity contribution is 7.22. The van der Waals surface area contributed by atoms with E-state index in [4.69, 9.17) is 0 Å². The fourth-order valence-corrected chi connectivity index (χ4v) is 4.41. The van der Waals surface area contributed by atoms with Gasteiger partial charge in [0.2, 0.25) is 0 Å². The summed E-state index contributed by atoms with van der Waals surface area (Å²) in [5.41, 5.74) is 0.823. The smallest absolute Gasteiger partial charge is 0.264 e. The Bertz CT molecular complexity index is 838. The van der Waals surface area contributed by atoms with Crippen molar-refractivity contribution in [2.75, 3.05) is 31.1 Å². The van der Waals surface area contributed by atoms with Gasteiger partial charge in [0.05, 0.1) is 15.1 Å². The molecule has 1 saturated heterocycles. The molecule has 1 aromatic carbocycles. The van der Waals surface area contributed by atoms with Gasteiger partial charge in [-0.3, -0.25) is 4.79 Å². The maximum absolute atomic E-state index is 13.3. The molecule has 3 heterocycles. The largest absolute Gasteiger partial charge is 0.345 e. The van der Waals surface area contributed by atoms with Crippen LogP contribution in [0.25, 0.3) is 10.2 Å². The van der Waals surface area contributed by atoms with Gasteiger partial charge < -0.3 is 9.80 Å². The second-order valence-electron chi connectivity index (χ2n) is 5.37. The Morgan fingerprint density at radius 3 is 2.74 bits per heavy atom. The van der Waals surface area contributed by atoms with Crippen LogP contribution in [0.5, 0.6) is 0 Å². The van der Waals surface area contributed by atoms with E-state index >= 15 is 0 Å². The molecule has 0 spiro atoms. The van der Waals surface area contributed by atoms with Crippen LogP contribution < -0.4 is 4.90 Å². The van der Waals surface area contributed by atoms with Crippen LogP contribution in [0.3, 0.4) is 0 Å². The lowest BCUT2D eigenvalue weighted by molar-refractivity contribution is 0.0751. The predicted octanol–water partition coefficient (Wildman–Crippen LogP) is 3.46. The average molecular weight is 347 g/mol. The minimum Gasteiger partial charge on any atom is -0.345 e. The van der Waals surface area contributed by atoms with E-state index in [1.807, 2.05) is 22.4 Å². The number of hydrogen-bond donors (Lipinski definition) is 0. The molecule has 3 aromatic rings. The molecular weight excluding hydrogens is 333 g/mol. The number of benzene rings is 1. The topological polar surface area (TPSA) is 36.4 Å². The average Bonchev–Trinajstić information content (AvgIpc) is 3.23. The van der Waals surface area contributed by atoms with Gasteiger partial charge in [-0.25, -0.2) is 9.37 Å². The molecule has 2 aromatic heterocycles. The van der Waals surface area contributed by atoms with E-state index < -0.39 is 0 Å². The fraction of sp³-hybridized carbons (Fsp3) is 0.250. The van der Waals surface area contributed by atoms with Crippen molar-refractivity contribution in [1.29, 1.82) is 0 Å². The molecule has 0 atom stereocenters. The Labute approximate surface area is 140 Å². The predicted molar refractivity (Wildman–Crippen MR) is 92.0 cm³/mol. The highest BCUT2D eigenvalue weighted by Crippen LogP contribution is 2.30. The molecule has 1 amide bonds. The number of nitrogens with zero attached hydrogens (tertiary/aromatic N) is 3. The van der Waals surface area contributed by atoms with E-state index in [9.17, 15) is 9.18 Å². The van der Waals surface area contributed by atoms with Crippen LogP contribution in [0, 0.1) is 5.82 Å². The first-order valence-corrected chi connectivity index (χ1v) is 9.04. The molecule has 23 heavy (non-hydrogen) atoms. The third kappa shape index (κ3) is 2.82. The summed E-state index contributed by atoms with van der Waals surface area (Å²) in [4.78, 5) is 21.8. The molecule has 0 radical (unpaired) electrons. The summed E-state index contributed by atoms with van der Waals surface area (Å²) in [7, 11) is 0. The number of anilines is 1. The SMILES string of the molecule is O=C(c1cccs1)N1CCN(c2nc3ccc(F)cc3s2)CC1. The number of halogens is 1. The lowest BCUT2D eigenvalue weighted by atomic mass is 10.3. The molecule has 4 rings (SSSR count). The molecule has 0 unspecified atom stereocenters. The summed E-state index contributed by atoms with van der Waals surface area (Å²) in [5.74, 6) is -0.134. The maximum atomic E-state index is 13.3. The minimum absolute atomic E-state index is 0.103. The van der Waals surface area contributed by atoms with Gasteiger partial charge in [0.1, 0.15) is 5.82 Å². The molecule has 4 nitrogen and oxygen atoms in total. The van der Waals surface area contributed by atoms with E-state index in [-0.39, 0.29) is 11.7 Å². The Morgan fingerprint density at radius 2 is 2.00 bits per heavy atom. The molecule has 1 aliphatic heterocycles. The van der Waals surface area contributed by atoms with Gasteiger partial charge in [0, 0.05) is 26.2 Å². The molecule has 0 N–H and O–H groups in total. The zero-order valence-corrected chi connectivity index (χ0v) is 13.9. The van der Waals surface area contributed by atoms with Crippen molar-refractivity contribution < 1.29 is 9.18 Å². The lowest BCUT2D eigenvalue weighted by Gasteiger charge is -2.34. The van der Waals surface area contributed by atoms with Crippen LogP contribution in [0.1, 0.15) is 9.67 Å². The quantitative estimate of drug-likeness (QED) is 0.712. The van der Waals surface area contributed by atoms with Crippen LogP contribution in [0.2, 0.25) is 0 Å². The number of amides is 1. The monoisotopic (exact) mass is 347 g/mol. The zero-order chi connectivity index (χ0) is 15.8. The summed E-state index contributed by atoms with van der Waals surface area (Å²) in [6, 6.07) is 8.42.